The van der Waals surface area contributed by atoms with E-state index in [-0.39, 0.29) is 6.17 Å². The predicted octanol–water partition coefficient (Wildman–Crippen LogP) is 2.65. The number of alkyl carbamates (subject to hydrolysis) is 1. The van der Waals surface area contributed by atoms with Crippen molar-refractivity contribution in [3.05, 3.63) is 35.9 Å². The fourth-order valence-electron chi connectivity index (χ4n) is 1.40. The second-order valence-corrected chi connectivity index (χ2v) is 5.23. The van der Waals surface area contributed by atoms with Gasteiger partial charge in [-0.3, -0.25) is 5.32 Å². The maximum Gasteiger partial charge on any atom is 0.408 e. The van der Waals surface area contributed by atoms with E-state index in [4.69, 9.17) is 4.74 Å². The number of hydrogen-bond acceptors (Lipinski definition) is 3. The van der Waals surface area contributed by atoms with E-state index in [1.54, 1.807) is 0 Å². The summed E-state index contributed by atoms with van der Waals surface area (Å²) in [5, 5.41) is 5.94. The molecule has 1 aromatic carbocycles. The second-order valence-electron chi connectivity index (χ2n) is 5.23. The highest BCUT2D eigenvalue weighted by Gasteiger charge is 2.17. The molecule has 0 saturated heterocycles. The first-order valence-electron chi connectivity index (χ1n) is 6.13. The first-order chi connectivity index (χ1) is 8.37. The molecule has 100 valence electrons. The van der Waals surface area contributed by atoms with E-state index in [0.717, 1.165) is 0 Å². The van der Waals surface area contributed by atoms with Gasteiger partial charge in [-0.25, -0.2) is 4.79 Å². The number of hydrogen-bond donors (Lipinski definition) is 2. The fraction of sp³-hybridized carbons (Fsp3) is 0.500. The molecule has 1 rings (SSSR count). The Morgan fingerprint density at radius 3 is 2.44 bits per heavy atom. The van der Waals surface area contributed by atoms with Crippen LogP contribution in [-0.4, -0.2) is 17.9 Å². The van der Waals surface area contributed by atoms with E-state index in [9.17, 15) is 4.79 Å². The molecule has 1 amide bonds. The molecule has 0 fully saturated rings. The van der Waals surface area contributed by atoms with E-state index in [0.29, 0.717) is 6.54 Å². The molecule has 0 aromatic heterocycles. The Kier molecular flexibility index (Phi) is 5.16. The van der Waals surface area contributed by atoms with Crippen LogP contribution in [0, 0.1) is 0 Å². The first-order valence-corrected chi connectivity index (χ1v) is 6.13. The van der Waals surface area contributed by atoms with Crippen molar-refractivity contribution in [1.82, 2.24) is 10.6 Å². The summed E-state index contributed by atoms with van der Waals surface area (Å²) in [5.74, 6) is 0. The van der Waals surface area contributed by atoms with E-state index in [1.807, 2.05) is 58.0 Å². The monoisotopic (exact) mass is 250 g/mol. The zero-order valence-electron chi connectivity index (χ0n) is 11.5. The van der Waals surface area contributed by atoms with Crippen LogP contribution in [0.3, 0.4) is 0 Å². The number of carbonyl (C=O) groups is 1. The van der Waals surface area contributed by atoms with Gasteiger partial charge in [0, 0.05) is 6.54 Å². The minimum absolute atomic E-state index is 0.139. The lowest BCUT2D eigenvalue weighted by Gasteiger charge is -2.22. The average molecular weight is 250 g/mol. The summed E-state index contributed by atoms with van der Waals surface area (Å²) in [4.78, 5) is 11.5. The maximum atomic E-state index is 11.5. The summed E-state index contributed by atoms with van der Waals surface area (Å²) >= 11 is 0. The normalized spacial score (nSPS) is 12.9. The van der Waals surface area contributed by atoms with Crippen LogP contribution in [0.25, 0.3) is 0 Å². The third-order valence-electron chi connectivity index (χ3n) is 2.19. The Hall–Kier alpha value is -1.55. The molecule has 18 heavy (non-hydrogen) atoms. The third kappa shape index (κ3) is 6.25. The average Bonchev–Trinajstić information content (AvgIpc) is 2.25. The van der Waals surface area contributed by atoms with Gasteiger partial charge >= 0.3 is 6.09 Å². The molecule has 2 N–H and O–H groups in total. The SMILES string of the molecule is CC(NCc1ccccc1)NC(=O)OC(C)(C)C. The minimum atomic E-state index is -0.469. The molecule has 4 nitrogen and oxygen atoms in total. The van der Waals surface area contributed by atoms with Crippen LogP contribution in [0.5, 0.6) is 0 Å². The van der Waals surface area contributed by atoms with Gasteiger partial charge in [0.05, 0.1) is 6.17 Å². The third-order valence-corrected chi connectivity index (χ3v) is 2.19. The summed E-state index contributed by atoms with van der Waals surface area (Å²) in [5.41, 5.74) is 0.707. The highest BCUT2D eigenvalue weighted by Crippen LogP contribution is 2.06. The van der Waals surface area contributed by atoms with E-state index in [1.165, 1.54) is 5.56 Å². The van der Waals surface area contributed by atoms with Gasteiger partial charge < -0.3 is 10.1 Å². The number of rotatable bonds is 4. The smallest absolute Gasteiger partial charge is 0.408 e. The molecule has 1 unspecified atom stereocenters. The highest BCUT2D eigenvalue weighted by molar-refractivity contribution is 5.67. The zero-order valence-corrected chi connectivity index (χ0v) is 11.5. The van der Waals surface area contributed by atoms with Crippen LogP contribution in [0.4, 0.5) is 4.79 Å². The van der Waals surface area contributed by atoms with Crippen molar-refractivity contribution in [2.45, 2.75) is 46.0 Å². The van der Waals surface area contributed by atoms with Gasteiger partial charge in [-0.1, -0.05) is 30.3 Å². The number of benzene rings is 1. The van der Waals surface area contributed by atoms with Crippen molar-refractivity contribution in [3.8, 4) is 0 Å². The number of amides is 1. The number of nitrogens with one attached hydrogen (secondary N) is 2. The molecule has 0 aliphatic carbocycles. The largest absolute Gasteiger partial charge is 0.444 e. The van der Waals surface area contributed by atoms with Crippen LogP contribution in [0.15, 0.2) is 30.3 Å². The predicted molar refractivity (Wildman–Crippen MR) is 72.1 cm³/mol. The first kappa shape index (κ1) is 14.5. The molecule has 0 saturated carbocycles. The Bertz CT molecular complexity index is 371. The molecule has 0 heterocycles. The van der Waals surface area contributed by atoms with Gasteiger partial charge in [-0.15, -0.1) is 0 Å². The van der Waals surface area contributed by atoms with Gasteiger partial charge in [-0.05, 0) is 33.3 Å². The van der Waals surface area contributed by atoms with Gasteiger partial charge in [0.2, 0.25) is 0 Å². The summed E-state index contributed by atoms with van der Waals surface area (Å²) in [6, 6.07) is 10.0. The van der Waals surface area contributed by atoms with Crippen molar-refractivity contribution in [2.24, 2.45) is 0 Å². The Labute approximate surface area is 109 Å². The number of carbonyl (C=O) groups excluding carboxylic acids is 1. The molecule has 0 aliphatic rings. The quantitative estimate of drug-likeness (QED) is 0.808. The number of ether oxygens (including phenoxy) is 1. The van der Waals surface area contributed by atoms with E-state index in [2.05, 4.69) is 10.6 Å². The molecular weight excluding hydrogens is 228 g/mol. The molecule has 0 bridgehead atoms. The zero-order chi connectivity index (χ0) is 13.6. The second kappa shape index (κ2) is 6.40. The molecular formula is C14H22N2O2. The summed E-state index contributed by atoms with van der Waals surface area (Å²) in [6.45, 7) is 8.11. The lowest BCUT2D eigenvalue weighted by molar-refractivity contribution is 0.0499. The lowest BCUT2D eigenvalue weighted by Crippen LogP contribution is -2.44. The van der Waals surface area contributed by atoms with Crippen molar-refractivity contribution in [2.75, 3.05) is 0 Å². The van der Waals surface area contributed by atoms with E-state index >= 15 is 0 Å². The summed E-state index contributed by atoms with van der Waals surface area (Å²) in [6.07, 6.45) is -0.546. The Morgan fingerprint density at radius 1 is 1.28 bits per heavy atom. The van der Waals surface area contributed by atoms with Gasteiger partial charge in [0.1, 0.15) is 5.60 Å². The van der Waals surface area contributed by atoms with Crippen molar-refractivity contribution in [3.63, 3.8) is 0 Å². The molecule has 1 atom stereocenters. The molecule has 0 spiro atoms. The minimum Gasteiger partial charge on any atom is -0.444 e. The lowest BCUT2D eigenvalue weighted by atomic mass is 10.2. The molecule has 4 heteroatoms. The molecule has 0 radical (unpaired) electrons. The standard InChI is InChI=1S/C14H22N2O2/c1-11(16-13(17)18-14(2,3)4)15-10-12-8-6-5-7-9-12/h5-9,11,15H,10H2,1-4H3,(H,16,17). The Morgan fingerprint density at radius 2 is 1.89 bits per heavy atom. The van der Waals surface area contributed by atoms with E-state index < -0.39 is 11.7 Å². The van der Waals surface area contributed by atoms with Crippen molar-refractivity contribution < 1.29 is 9.53 Å². The van der Waals surface area contributed by atoms with Crippen LogP contribution >= 0.6 is 0 Å². The maximum absolute atomic E-state index is 11.5. The van der Waals surface area contributed by atoms with Crippen LogP contribution in [-0.2, 0) is 11.3 Å². The Balaban J connectivity index is 2.29. The molecule has 1 aromatic rings. The van der Waals surface area contributed by atoms with Gasteiger partial charge in [-0.2, -0.15) is 0 Å². The molecule has 0 aliphatic heterocycles. The topological polar surface area (TPSA) is 50.4 Å². The van der Waals surface area contributed by atoms with Crippen LogP contribution in [0.1, 0.15) is 33.3 Å². The van der Waals surface area contributed by atoms with Crippen LogP contribution in [0.2, 0.25) is 0 Å². The summed E-state index contributed by atoms with van der Waals surface area (Å²) < 4.78 is 5.17. The van der Waals surface area contributed by atoms with Crippen molar-refractivity contribution in [1.29, 1.82) is 0 Å². The fourth-order valence-corrected chi connectivity index (χ4v) is 1.40. The van der Waals surface area contributed by atoms with Crippen LogP contribution < -0.4 is 10.6 Å². The van der Waals surface area contributed by atoms with Crippen molar-refractivity contribution >= 4 is 6.09 Å². The summed E-state index contributed by atoms with van der Waals surface area (Å²) in [7, 11) is 0. The van der Waals surface area contributed by atoms with Gasteiger partial charge in [0.25, 0.3) is 0 Å². The highest BCUT2D eigenvalue weighted by atomic mass is 16.6. The van der Waals surface area contributed by atoms with Gasteiger partial charge in [0.15, 0.2) is 0 Å².